The van der Waals surface area contributed by atoms with Crippen LogP contribution >= 0.6 is 0 Å². The van der Waals surface area contributed by atoms with Gasteiger partial charge in [0.2, 0.25) is 0 Å². The molecular weight excluding hydrogens is 174 g/mol. The van der Waals surface area contributed by atoms with Crippen molar-refractivity contribution >= 4 is 5.69 Å². The van der Waals surface area contributed by atoms with Crippen LogP contribution in [-0.4, -0.2) is 17.3 Å². The Hall–Kier alpha value is -1.02. The Labute approximate surface area is 86.0 Å². The van der Waals surface area contributed by atoms with Crippen molar-refractivity contribution in [3.05, 3.63) is 30.3 Å². The van der Waals surface area contributed by atoms with Gasteiger partial charge < -0.3 is 10.4 Å². The quantitative estimate of drug-likeness (QED) is 0.770. The monoisotopic (exact) mass is 193 g/mol. The van der Waals surface area contributed by atoms with Gasteiger partial charge in [-0.25, -0.2) is 0 Å². The second kappa shape index (κ2) is 4.47. The molecule has 2 heteroatoms. The highest BCUT2D eigenvalue weighted by atomic mass is 16.3. The van der Waals surface area contributed by atoms with E-state index in [9.17, 15) is 5.11 Å². The molecule has 0 aromatic heterocycles. The third kappa shape index (κ3) is 3.38. The van der Waals surface area contributed by atoms with Crippen molar-refractivity contribution in [3.63, 3.8) is 0 Å². The Kier molecular flexibility index (Phi) is 3.53. The lowest BCUT2D eigenvalue weighted by Gasteiger charge is -2.26. The van der Waals surface area contributed by atoms with Gasteiger partial charge in [-0.3, -0.25) is 0 Å². The number of hydrogen-bond acceptors (Lipinski definition) is 2. The van der Waals surface area contributed by atoms with Gasteiger partial charge in [-0.15, -0.1) is 0 Å². The topological polar surface area (TPSA) is 32.3 Å². The minimum Gasteiger partial charge on any atom is -0.390 e. The zero-order valence-electron chi connectivity index (χ0n) is 9.12. The van der Waals surface area contributed by atoms with Crippen molar-refractivity contribution < 1.29 is 5.11 Å². The minimum absolute atomic E-state index is 0.225. The van der Waals surface area contributed by atoms with Gasteiger partial charge in [0.15, 0.2) is 0 Å². The number of benzene rings is 1. The molecule has 0 aliphatic rings. The summed E-state index contributed by atoms with van der Waals surface area (Å²) in [5.74, 6) is 0.225. The summed E-state index contributed by atoms with van der Waals surface area (Å²) in [4.78, 5) is 0. The second-order valence-corrected chi connectivity index (χ2v) is 4.30. The van der Waals surface area contributed by atoms with Gasteiger partial charge in [0.25, 0.3) is 0 Å². The van der Waals surface area contributed by atoms with E-state index in [0.717, 1.165) is 12.2 Å². The molecule has 78 valence electrons. The predicted molar refractivity (Wildman–Crippen MR) is 60.4 cm³/mol. The zero-order valence-corrected chi connectivity index (χ0v) is 9.12. The maximum atomic E-state index is 9.72. The first kappa shape index (κ1) is 11.1. The average Bonchev–Trinajstić information content (AvgIpc) is 2.14. The summed E-state index contributed by atoms with van der Waals surface area (Å²) in [6.45, 7) is 6.50. The highest BCUT2D eigenvalue weighted by Crippen LogP contribution is 2.16. The van der Waals surface area contributed by atoms with Crippen molar-refractivity contribution in [3.8, 4) is 0 Å². The molecule has 1 atom stereocenters. The minimum atomic E-state index is -0.623. The zero-order chi connectivity index (χ0) is 10.6. The molecule has 0 radical (unpaired) electrons. The number of rotatable bonds is 4. The Morgan fingerprint density at radius 1 is 1.29 bits per heavy atom. The number of para-hydroxylation sites is 1. The lowest BCUT2D eigenvalue weighted by atomic mass is 9.93. The molecule has 0 bridgehead atoms. The van der Waals surface area contributed by atoms with Crippen LogP contribution in [0.25, 0.3) is 0 Å². The molecule has 1 aromatic carbocycles. The maximum Gasteiger partial charge on any atom is 0.0633 e. The fourth-order valence-corrected chi connectivity index (χ4v) is 1.08. The van der Waals surface area contributed by atoms with Crippen LogP contribution < -0.4 is 5.32 Å². The SMILES string of the molecule is CC(CNc1ccccc1)C(C)(C)O. The Bertz CT molecular complexity index is 263. The van der Waals surface area contributed by atoms with Crippen molar-refractivity contribution in [2.45, 2.75) is 26.4 Å². The van der Waals surface area contributed by atoms with Crippen LogP contribution in [0.1, 0.15) is 20.8 Å². The van der Waals surface area contributed by atoms with E-state index < -0.39 is 5.60 Å². The third-order valence-electron chi connectivity index (χ3n) is 2.59. The summed E-state index contributed by atoms with van der Waals surface area (Å²) in [5.41, 5.74) is 0.477. The molecule has 0 aliphatic heterocycles. The summed E-state index contributed by atoms with van der Waals surface area (Å²) in [6, 6.07) is 10.0. The summed E-state index contributed by atoms with van der Waals surface area (Å²) in [5, 5.41) is 13.0. The van der Waals surface area contributed by atoms with Crippen LogP contribution in [0.15, 0.2) is 30.3 Å². The van der Waals surface area contributed by atoms with E-state index in [0.29, 0.717) is 0 Å². The molecule has 14 heavy (non-hydrogen) atoms. The van der Waals surface area contributed by atoms with Crippen LogP contribution in [0, 0.1) is 5.92 Å². The molecule has 0 spiro atoms. The van der Waals surface area contributed by atoms with Crippen molar-refractivity contribution in [2.24, 2.45) is 5.92 Å². The van der Waals surface area contributed by atoms with E-state index in [-0.39, 0.29) is 5.92 Å². The lowest BCUT2D eigenvalue weighted by Crippen LogP contribution is -2.33. The molecule has 2 nitrogen and oxygen atoms in total. The molecule has 1 aromatic rings. The lowest BCUT2D eigenvalue weighted by molar-refractivity contribution is 0.0303. The van der Waals surface area contributed by atoms with Crippen molar-refractivity contribution in [2.75, 3.05) is 11.9 Å². The van der Waals surface area contributed by atoms with Crippen LogP contribution in [-0.2, 0) is 0 Å². The predicted octanol–water partition coefficient (Wildman–Crippen LogP) is 2.51. The second-order valence-electron chi connectivity index (χ2n) is 4.30. The highest BCUT2D eigenvalue weighted by molar-refractivity contribution is 5.42. The molecule has 0 heterocycles. The molecule has 1 rings (SSSR count). The van der Waals surface area contributed by atoms with E-state index in [2.05, 4.69) is 5.32 Å². The largest absolute Gasteiger partial charge is 0.390 e. The first-order valence-electron chi connectivity index (χ1n) is 5.01. The van der Waals surface area contributed by atoms with Crippen molar-refractivity contribution in [1.29, 1.82) is 0 Å². The Morgan fingerprint density at radius 2 is 1.86 bits per heavy atom. The van der Waals surface area contributed by atoms with Gasteiger partial charge in [-0.1, -0.05) is 25.1 Å². The highest BCUT2D eigenvalue weighted by Gasteiger charge is 2.21. The Morgan fingerprint density at radius 3 is 2.36 bits per heavy atom. The van der Waals surface area contributed by atoms with Gasteiger partial charge in [0, 0.05) is 18.2 Å². The fourth-order valence-electron chi connectivity index (χ4n) is 1.08. The fraction of sp³-hybridized carbons (Fsp3) is 0.500. The van der Waals surface area contributed by atoms with Gasteiger partial charge in [0.05, 0.1) is 5.60 Å². The van der Waals surface area contributed by atoms with E-state index in [1.54, 1.807) is 0 Å². The van der Waals surface area contributed by atoms with Crippen LogP contribution in [0.3, 0.4) is 0 Å². The molecule has 0 saturated carbocycles. The third-order valence-corrected chi connectivity index (χ3v) is 2.59. The average molecular weight is 193 g/mol. The van der Waals surface area contributed by atoms with Crippen molar-refractivity contribution in [1.82, 2.24) is 0 Å². The molecule has 0 fully saturated rings. The normalized spacial score (nSPS) is 13.7. The van der Waals surface area contributed by atoms with E-state index in [1.807, 2.05) is 51.1 Å². The number of aliphatic hydroxyl groups is 1. The maximum absolute atomic E-state index is 9.72. The van der Waals surface area contributed by atoms with Gasteiger partial charge in [-0.2, -0.15) is 0 Å². The van der Waals surface area contributed by atoms with E-state index >= 15 is 0 Å². The number of anilines is 1. The smallest absolute Gasteiger partial charge is 0.0633 e. The summed E-state index contributed by atoms with van der Waals surface area (Å²) >= 11 is 0. The van der Waals surface area contributed by atoms with Crippen LogP contribution in [0.5, 0.6) is 0 Å². The summed E-state index contributed by atoms with van der Waals surface area (Å²) < 4.78 is 0. The van der Waals surface area contributed by atoms with Crippen LogP contribution in [0.2, 0.25) is 0 Å². The van der Waals surface area contributed by atoms with E-state index in [4.69, 9.17) is 0 Å². The van der Waals surface area contributed by atoms with Gasteiger partial charge in [0.1, 0.15) is 0 Å². The molecular formula is C12H19NO. The standard InChI is InChI=1S/C12H19NO/c1-10(12(2,3)14)9-13-11-7-5-4-6-8-11/h4-8,10,13-14H,9H2,1-3H3. The summed E-state index contributed by atoms with van der Waals surface area (Å²) in [7, 11) is 0. The Balaban J connectivity index is 2.42. The van der Waals surface area contributed by atoms with Gasteiger partial charge >= 0.3 is 0 Å². The molecule has 1 unspecified atom stereocenters. The number of nitrogens with one attached hydrogen (secondary N) is 1. The first-order chi connectivity index (χ1) is 6.50. The van der Waals surface area contributed by atoms with Gasteiger partial charge in [-0.05, 0) is 26.0 Å². The number of hydrogen-bond donors (Lipinski definition) is 2. The first-order valence-corrected chi connectivity index (χ1v) is 5.01. The molecule has 0 saturated heterocycles. The molecule has 0 aliphatic carbocycles. The van der Waals surface area contributed by atoms with E-state index in [1.165, 1.54) is 0 Å². The van der Waals surface area contributed by atoms with Crippen LogP contribution in [0.4, 0.5) is 5.69 Å². The molecule has 2 N–H and O–H groups in total. The molecule has 0 amide bonds. The summed E-state index contributed by atoms with van der Waals surface area (Å²) in [6.07, 6.45) is 0.